The lowest BCUT2D eigenvalue weighted by Gasteiger charge is -2.14. The summed E-state index contributed by atoms with van der Waals surface area (Å²) >= 11 is 9.65. The SMILES string of the molecule is O=S(Nc1nc2ccccc2nc1Nc1ccccc1Cl)c1ccc(Br)cc1. The van der Waals surface area contributed by atoms with Gasteiger partial charge in [0.05, 0.1) is 26.6 Å². The van der Waals surface area contributed by atoms with Crippen LogP contribution in [-0.2, 0) is 11.0 Å². The molecule has 5 nitrogen and oxygen atoms in total. The summed E-state index contributed by atoms with van der Waals surface area (Å²) in [6.45, 7) is 0. The fourth-order valence-electron chi connectivity index (χ4n) is 2.55. The third kappa shape index (κ3) is 4.16. The number of hydrogen-bond donors (Lipinski definition) is 2. The molecule has 3 aromatic carbocycles. The van der Waals surface area contributed by atoms with Crippen LogP contribution in [0.2, 0.25) is 5.02 Å². The van der Waals surface area contributed by atoms with Gasteiger partial charge >= 0.3 is 0 Å². The van der Waals surface area contributed by atoms with Gasteiger partial charge in [0.15, 0.2) is 22.6 Å². The second-order valence-electron chi connectivity index (χ2n) is 5.84. The zero-order chi connectivity index (χ0) is 19.5. The molecule has 4 aromatic rings. The number of hydrogen-bond acceptors (Lipinski definition) is 4. The number of anilines is 3. The van der Waals surface area contributed by atoms with E-state index in [-0.39, 0.29) is 0 Å². The van der Waals surface area contributed by atoms with Crippen LogP contribution >= 0.6 is 27.5 Å². The van der Waals surface area contributed by atoms with E-state index in [0.29, 0.717) is 32.8 Å². The van der Waals surface area contributed by atoms with E-state index in [2.05, 4.69) is 35.9 Å². The van der Waals surface area contributed by atoms with Gasteiger partial charge in [-0.25, -0.2) is 14.2 Å². The average Bonchev–Trinajstić information content (AvgIpc) is 2.70. The van der Waals surface area contributed by atoms with Gasteiger partial charge < -0.3 is 5.32 Å². The summed E-state index contributed by atoms with van der Waals surface area (Å²) in [6, 6.07) is 22.1. The zero-order valence-corrected chi connectivity index (χ0v) is 17.6. The maximum absolute atomic E-state index is 12.8. The summed E-state index contributed by atoms with van der Waals surface area (Å²) < 4.78 is 16.7. The number of nitrogens with one attached hydrogen (secondary N) is 2. The predicted octanol–water partition coefficient (Wildman–Crippen LogP) is 5.92. The summed E-state index contributed by atoms with van der Waals surface area (Å²) in [7, 11) is -1.51. The van der Waals surface area contributed by atoms with Crippen molar-refractivity contribution in [2.75, 3.05) is 10.0 Å². The lowest BCUT2D eigenvalue weighted by molar-refractivity contribution is 0.686. The molecule has 0 aliphatic carbocycles. The molecule has 1 unspecified atom stereocenters. The normalized spacial score (nSPS) is 11.9. The molecule has 0 amide bonds. The molecule has 0 spiro atoms. The van der Waals surface area contributed by atoms with Gasteiger partial charge in [-0.3, -0.25) is 4.72 Å². The van der Waals surface area contributed by atoms with Crippen molar-refractivity contribution in [3.63, 3.8) is 0 Å². The zero-order valence-electron chi connectivity index (χ0n) is 14.4. The Hall–Kier alpha value is -2.48. The van der Waals surface area contributed by atoms with Gasteiger partial charge in [0.25, 0.3) is 0 Å². The van der Waals surface area contributed by atoms with Crippen molar-refractivity contribution in [1.29, 1.82) is 0 Å². The molecule has 8 heteroatoms. The van der Waals surface area contributed by atoms with Crippen LogP contribution in [0.1, 0.15) is 0 Å². The van der Waals surface area contributed by atoms with Crippen LogP contribution in [0.5, 0.6) is 0 Å². The third-order valence-corrected chi connectivity index (χ3v) is 5.85. The number of aromatic nitrogens is 2. The van der Waals surface area contributed by atoms with Gasteiger partial charge in [-0.15, -0.1) is 0 Å². The number of para-hydroxylation sites is 3. The molecule has 28 heavy (non-hydrogen) atoms. The smallest absolute Gasteiger partial charge is 0.182 e. The number of halogens is 2. The van der Waals surface area contributed by atoms with Gasteiger partial charge in [-0.1, -0.05) is 51.8 Å². The largest absolute Gasteiger partial charge is 0.336 e. The van der Waals surface area contributed by atoms with Crippen molar-refractivity contribution in [3.05, 3.63) is 82.3 Å². The Balaban J connectivity index is 1.73. The summed E-state index contributed by atoms with van der Waals surface area (Å²) in [5, 5.41) is 3.74. The van der Waals surface area contributed by atoms with Crippen LogP contribution in [0.15, 0.2) is 82.2 Å². The summed E-state index contributed by atoms with van der Waals surface area (Å²) in [5.41, 5.74) is 2.10. The Morgan fingerprint density at radius 1 is 0.821 bits per heavy atom. The lowest BCUT2D eigenvalue weighted by Crippen LogP contribution is -2.10. The molecule has 0 saturated carbocycles. The molecule has 1 heterocycles. The standard InChI is InChI=1S/C20H14BrClN4OS/c21-13-9-11-14(12-10-13)28(27)26-20-19(23-16-6-2-1-5-15(16)22)24-17-7-3-4-8-18(17)25-20/h1-12H,(H,23,24)(H,25,26). The Labute approximate surface area is 177 Å². The van der Waals surface area contributed by atoms with E-state index in [9.17, 15) is 4.21 Å². The Bertz CT molecular complexity index is 1170. The highest BCUT2D eigenvalue weighted by Gasteiger charge is 2.14. The molecular formula is C20H14BrClN4OS. The van der Waals surface area contributed by atoms with Gasteiger partial charge in [0.2, 0.25) is 0 Å². The van der Waals surface area contributed by atoms with Crippen molar-refractivity contribution in [1.82, 2.24) is 9.97 Å². The minimum Gasteiger partial charge on any atom is -0.336 e. The van der Waals surface area contributed by atoms with E-state index in [0.717, 1.165) is 9.99 Å². The maximum atomic E-state index is 12.8. The minimum absolute atomic E-state index is 0.375. The van der Waals surface area contributed by atoms with Crippen LogP contribution in [-0.4, -0.2) is 14.2 Å². The molecule has 0 fully saturated rings. The first-order valence-electron chi connectivity index (χ1n) is 8.32. The number of benzene rings is 3. The summed E-state index contributed by atoms with van der Waals surface area (Å²) in [4.78, 5) is 9.86. The highest BCUT2D eigenvalue weighted by atomic mass is 79.9. The fourth-order valence-corrected chi connectivity index (χ4v) is 3.82. The van der Waals surface area contributed by atoms with E-state index >= 15 is 0 Å². The van der Waals surface area contributed by atoms with Gasteiger partial charge in [0.1, 0.15) is 0 Å². The van der Waals surface area contributed by atoms with E-state index in [4.69, 9.17) is 11.6 Å². The fraction of sp³-hybridized carbons (Fsp3) is 0. The molecule has 140 valence electrons. The molecule has 1 aromatic heterocycles. The van der Waals surface area contributed by atoms with E-state index in [1.807, 2.05) is 54.6 Å². The average molecular weight is 474 g/mol. The van der Waals surface area contributed by atoms with Crippen molar-refractivity contribution in [2.45, 2.75) is 4.90 Å². The van der Waals surface area contributed by atoms with Crippen LogP contribution in [0.3, 0.4) is 0 Å². The molecular weight excluding hydrogens is 460 g/mol. The van der Waals surface area contributed by atoms with E-state index in [1.54, 1.807) is 18.2 Å². The molecule has 0 saturated heterocycles. The van der Waals surface area contributed by atoms with E-state index < -0.39 is 11.0 Å². The monoisotopic (exact) mass is 472 g/mol. The molecule has 2 N–H and O–H groups in total. The Morgan fingerprint density at radius 3 is 2.11 bits per heavy atom. The molecule has 0 radical (unpaired) electrons. The van der Waals surface area contributed by atoms with Crippen molar-refractivity contribution < 1.29 is 4.21 Å². The van der Waals surface area contributed by atoms with Crippen LogP contribution in [0.25, 0.3) is 11.0 Å². The highest BCUT2D eigenvalue weighted by Crippen LogP contribution is 2.29. The minimum atomic E-state index is -1.51. The molecule has 0 aliphatic heterocycles. The van der Waals surface area contributed by atoms with Crippen molar-refractivity contribution in [2.24, 2.45) is 0 Å². The molecule has 0 aliphatic rings. The predicted molar refractivity (Wildman–Crippen MR) is 118 cm³/mol. The Kier molecular flexibility index (Phi) is 5.57. The quantitative estimate of drug-likeness (QED) is 0.377. The second kappa shape index (κ2) is 8.26. The lowest BCUT2D eigenvalue weighted by atomic mass is 10.3. The summed E-state index contributed by atoms with van der Waals surface area (Å²) in [5.74, 6) is 0.817. The first-order chi connectivity index (χ1) is 13.6. The van der Waals surface area contributed by atoms with Crippen LogP contribution in [0, 0.1) is 0 Å². The first-order valence-corrected chi connectivity index (χ1v) is 10.6. The molecule has 4 rings (SSSR count). The van der Waals surface area contributed by atoms with Gasteiger partial charge in [-0.05, 0) is 48.5 Å². The van der Waals surface area contributed by atoms with Crippen molar-refractivity contribution in [3.8, 4) is 0 Å². The third-order valence-electron chi connectivity index (χ3n) is 3.91. The number of fused-ring (bicyclic) bond motifs is 1. The van der Waals surface area contributed by atoms with Crippen molar-refractivity contribution >= 4 is 66.9 Å². The molecule has 0 bridgehead atoms. The Morgan fingerprint density at radius 2 is 1.43 bits per heavy atom. The van der Waals surface area contributed by atoms with Gasteiger partial charge in [-0.2, -0.15) is 0 Å². The number of nitrogens with zero attached hydrogens (tertiary/aromatic N) is 2. The maximum Gasteiger partial charge on any atom is 0.182 e. The second-order valence-corrected chi connectivity index (χ2v) is 8.37. The van der Waals surface area contributed by atoms with Crippen LogP contribution in [0.4, 0.5) is 17.3 Å². The van der Waals surface area contributed by atoms with Crippen LogP contribution < -0.4 is 10.0 Å². The topological polar surface area (TPSA) is 66.9 Å². The first kappa shape index (κ1) is 18.9. The van der Waals surface area contributed by atoms with E-state index in [1.165, 1.54) is 0 Å². The highest BCUT2D eigenvalue weighted by molar-refractivity contribution is 9.10. The van der Waals surface area contributed by atoms with Gasteiger partial charge in [0, 0.05) is 4.47 Å². The summed E-state index contributed by atoms with van der Waals surface area (Å²) in [6.07, 6.45) is 0. The number of rotatable bonds is 5. The molecule has 1 atom stereocenters.